The van der Waals surface area contributed by atoms with Crippen LogP contribution >= 0.6 is 23.2 Å². The van der Waals surface area contributed by atoms with Gasteiger partial charge in [0.25, 0.3) is 0 Å². The highest BCUT2D eigenvalue weighted by molar-refractivity contribution is 6.42. The van der Waals surface area contributed by atoms with Gasteiger partial charge in [-0.2, -0.15) is 0 Å². The molecule has 0 saturated carbocycles. The van der Waals surface area contributed by atoms with Crippen LogP contribution in [0.4, 0.5) is 0 Å². The zero-order valence-electron chi connectivity index (χ0n) is 18.7. The molecule has 2 aromatic carbocycles. The number of aromatic nitrogens is 1. The number of hydrogen-bond donors (Lipinski definition) is 1. The SMILES string of the molecule is CC(=O)N(CC(=O)N(CCc1c[nH]c2ccccc12)Cc1ccc(Cl)c(Cl)c1)CC(C)C. The number of amides is 2. The first kappa shape index (κ1) is 24.1. The van der Waals surface area contributed by atoms with Crippen molar-refractivity contribution >= 4 is 45.9 Å². The lowest BCUT2D eigenvalue weighted by Crippen LogP contribution is -2.43. The fourth-order valence-corrected chi connectivity index (χ4v) is 4.07. The number of hydrogen-bond acceptors (Lipinski definition) is 2. The molecule has 1 N–H and O–H groups in total. The predicted octanol–water partition coefficient (Wildman–Crippen LogP) is 5.55. The van der Waals surface area contributed by atoms with E-state index in [0.717, 1.165) is 22.0 Å². The smallest absolute Gasteiger partial charge is 0.242 e. The van der Waals surface area contributed by atoms with Crippen LogP contribution in [0.15, 0.2) is 48.7 Å². The summed E-state index contributed by atoms with van der Waals surface area (Å²) in [5, 5.41) is 2.09. The van der Waals surface area contributed by atoms with Gasteiger partial charge in [0.15, 0.2) is 0 Å². The number of carbonyl (C=O) groups excluding carboxylic acids is 2. The Balaban J connectivity index is 1.79. The Kier molecular flexibility index (Phi) is 8.21. The van der Waals surface area contributed by atoms with E-state index >= 15 is 0 Å². The fraction of sp³-hybridized carbons (Fsp3) is 0.360. The molecule has 170 valence electrons. The summed E-state index contributed by atoms with van der Waals surface area (Å²) < 4.78 is 0. The van der Waals surface area contributed by atoms with E-state index in [9.17, 15) is 9.59 Å². The summed E-state index contributed by atoms with van der Waals surface area (Å²) in [6, 6.07) is 13.5. The van der Waals surface area contributed by atoms with Crippen LogP contribution in [0.3, 0.4) is 0 Å². The van der Waals surface area contributed by atoms with E-state index in [2.05, 4.69) is 11.1 Å². The maximum Gasteiger partial charge on any atom is 0.242 e. The molecule has 32 heavy (non-hydrogen) atoms. The minimum atomic E-state index is -0.0989. The third-order valence-corrected chi connectivity index (χ3v) is 6.13. The summed E-state index contributed by atoms with van der Waals surface area (Å²) in [5.41, 5.74) is 3.12. The molecule has 3 rings (SSSR count). The first-order valence-electron chi connectivity index (χ1n) is 10.8. The van der Waals surface area contributed by atoms with E-state index in [-0.39, 0.29) is 24.3 Å². The number of para-hydroxylation sites is 1. The number of carbonyl (C=O) groups is 2. The van der Waals surface area contributed by atoms with E-state index < -0.39 is 0 Å². The van der Waals surface area contributed by atoms with Crippen LogP contribution in [0.2, 0.25) is 10.0 Å². The summed E-state index contributed by atoms with van der Waals surface area (Å²) in [5.74, 6) is 0.0892. The Hall–Kier alpha value is -2.50. The molecule has 5 nitrogen and oxygen atoms in total. The fourth-order valence-electron chi connectivity index (χ4n) is 3.75. The van der Waals surface area contributed by atoms with Crippen molar-refractivity contribution in [2.24, 2.45) is 5.92 Å². The second-order valence-electron chi connectivity index (χ2n) is 8.47. The molecule has 3 aromatic rings. The molecule has 0 radical (unpaired) electrons. The highest BCUT2D eigenvalue weighted by Crippen LogP contribution is 2.24. The first-order valence-corrected chi connectivity index (χ1v) is 11.5. The number of fused-ring (bicyclic) bond motifs is 1. The van der Waals surface area contributed by atoms with Crippen molar-refractivity contribution in [2.45, 2.75) is 33.7 Å². The van der Waals surface area contributed by atoms with Crippen molar-refractivity contribution in [1.29, 1.82) is 0 Å². The lowest BCUT2D eigenvalue weighted by molar-refractivity contribution is -0.140. The lowest BCUT2D eigenvalue weighted by atomic mass is 10.1. The molecule has 0 fully saturated rings. The zero-order chi connectivity index (χ0) is 23.3. The van der Waals surface area contributed by atoms with Crippen molar-refractivity contribution in [2.75, 3.05) is 19.6 Å². The van der Waals surface area contributed by atoms with E-state index in [0.29, 0.717) is 36.1 Å². The third-order valence-electron chi connectivity index (χ3n) is 5.39. The van der Waals surface area contributed by atoms with E-state index in [1.807, 2.05) is 44.3 Å². The molecule has 1 aromatic heterocycles. The predicted molar refractivity (Wildman–Crippen MR) is 131 cm³/mol. The molecule has 0 unspecified atom stereocenters. The second kappa shape index (κ2) is 10.9. The summed E-state index contributed by atoms with van der Waals surface area (Å²) in [7, 11) is 0. The largest absolute Gasteiger partial charge is 0.361 e. The Morgan fingerprint density at radius 3 is 2.47 bits per heavy atom. The summed E-state index contributed by atoms with van der Waals surface area (Å²) in [4.78, 5) is 32.1. The van der Waals surface area contributed by atoms with Crippen LogP contribution in [-0.2, 0) is 22.6 Å². The van der Waals surface area contributed by atoms with E-state index in [4.69, 9.17) is 23.2 Å². The minimum Gasteiger partial charge on any atom is -0.361 e. The van der Waals surface area contributed by atoms with Crippen LogP contribution in [0, 0.1) is 5.92 Å². The van der Waals surface area contributed by atoms with Crippen LogP contribution < -0.4 is 0 Å². The van der Waals surface area contributed by atoms with Gasteiger partial charge in [-0.25, -0.2) is 0 Å². The van der Waals surface area contributed by atoms with Gasteiger partial charge in [0, 0.05) is 43.7 Å². The van der Waals surface area contributed by atoms with Gasteiger partial charge in [0.1, 0.15) is 0 Å². The van der Waals surface area contributed by atoms with Gasteiger partial charge < -0.3 is 14.8 Å². The van der Waals surface area contributed by atoms with Crippen LogP contribution in [-0.4, -0.2) is 46.2 Å². The van der Waals surface area contributed by atoms with Crippen molar-refractivity contribution in [3.8, 4) is 0 Å². The molecule has 0 atom stereocenters. The van der Waals surface area contributed by atoms with E-state index in [1.165, 1.54) is 6.92 Å². The number of halogens is 2. The quantitative estimate of drug-likeness (QED) is 0.442. The average molecular weight is 474 g/mol. The van der Waals surface area contributed by atoms with Gasteiger partial charge in [-0.1, -0.05) is 61.3 Å². The monoisotopic (exact) mass is 473 g/mol. The summed E-state index contributed by atoms with van der Waals surface area (Å²) in [6.07, 6.45) is 2.69. The maximum atomic E-state index is 13.3. The van der Waals surface area contributed by atoms with Gasteiger partial charge in [0.2, 0.25) is 11.8 Å². The van der Waals surface area contributed by atoms with Gasteiger partial charge in [-0.05, 0) is 41.7 Å². The van der Waals surface area contributed by atoms with Gasteiger partial charge in [0.05, 0.1) is 16.6 Å². The van der Waals surface area contributed by atoms with Crippen LogP contribution in [0.1, 0.15) is 31.9 Å². The van der Waals surface area contributed by atoms with Crippen molar-refractivity contribution in [3.63, 3.8) is 0 Å². The van der Waals surface area contributed by atoms with Crippen molar-refractivity contribution < 1.29 is 9.59 Å². The highest BCUT2D eigenvalue weighted by atomic mass is 35.5. The van der Waals surface area contributed by atoms with Crippen LogP contribution in [0.5, 0.6) is 0 Å². The molecular formula is C25H29Cl2N3O2. The van der Waals surface area contributed by atoms with Gasteiger partial charge >= 0.3 is 0 Å². The Morgan fingerprint density at radius 2 is 1.78 bits per heavy atom. The molecular weight excluding hydrogens is 445 g/mol. The maximum absolute atomic E-state index is 13.3. The minimum absolute atomic E-state index is 0.0583. The standard InChI is InChI=1S/C25H29Cl2N3O2/c1-17(2)14-30(18(3)31)16-25(32)29(15-19-8-9-22(26)23(27)12-19)11-10-20-13-28-24-7-5-4-6-21(20)24/h4-9,12-13,17,28H,10-11,14-16H2,1-3H3. The lowest BCUT2D eigenvalue weighted by Gasteiger charge is -2.28. The number of benzene rings is 2. The zero-order valence-corrected chi connectivity index (χ0v) is 20.2. The van der Waals surface area contributed by atoms with Crippen molar-refractivity contribution in [1.82, 2.24) is 14.8 Å². The van der Waals surface area contributed by atoms with E-state index in [1.54, 1.807) is 21.9 Å². The number of nitrogens with one attached hydrogen (secondary N) is 1. The number of nitrogens with zero attached hydrogens (tertiary/aromatic N) is 2. The second-order valence-corrected chi connectivity index (χ2v) is 9.28. The average Bonchev–Trinajstić information content (AvgIpc) is 3.15. The number of aromatic amines is 1. The molecule has 0 saturated heterocycles. The molecule has 0 aliphatic rings. The molecule has 0 spiro atoms. The first-order chi connectivity index (χ1) is 15.2. The molecule has 0 bridgehead atoms. The molecule has 0 aliphatic carbocycles. The molecule has 7 heteroatoms. The summed E-state index contributed by atoms with van der Waals surface area (Å²) >= 11 is 12.2. The van der Waals surface area contributed by atoms with Gasteiger partial charge in [-0.15, -0.1) is 0 Å². The molecule has 2 amide bonds. The molecule has 0 aliphatic heterocycles. The normalized spacial score (nSPS) is 11.2. The summed E-state index contributed by atoms with van der Waals surface area (Å²) in [6.45, 7) is 7.09. The number of H-pyrrole nitrogens is 1. The Bertz CT molecular complexity index is 1090. The number of rotatable bonds is 9. The molecule has 1 heterocycles. The Labute approximate surface area is 199 Å². The van der Waals surface area contributed by atoms with Crippen LogP contribution in [0.25, 0.3) is 10.9 Å². The highest BCUT2D eigenvalue weighted by Gasteiger charge is 2.21. The topological polar surface area (TPSA) is 56.4 Å². The Morgan fingerprint density at radius 1 is 1.03 bits per heavy atom. The van der Waals surface area contributed by atoms with Crippen molar-refractivity contribution in [3.05, 3.63) is 69.8 Å². The van der Waals surface area contributed by atoms with Gasteiger partial charge in [-0.3, -0.25) is 9.59 Å². The third kappa shape index (κ3) is 6.27.